The summed E-state index contributed by atoms with van der Waals surface area (Å²) in [7, 11) is 0. The minimum absolute atomic E-state index is 0.0938. The summed E-state index contributed by atoms with van der Waals surface area (Å²) in [4.78, 5) is 29.5. The van der Waals surface area contributed by atoms with Crippen LogP contribution in [0.1, 0.15) is 10.4 Å². The minimum atomic E-state index is -0.410. The second kappa shape index (κ2) is 6.29. The van der Waals surface area contributed by atoms with Crippen LogP contribution < -0.4 is 10.9 Å². The zero-order chi connectivity index (χ0) is 17.2. The van der Waals surface area contributed by atoms with Gasteiger partial charge in [0.05, 0.1) is 6.20 Å². The topological polar surface area (TPSA) is 76.4 Å². The third-order valence-electron chi connectivity index (χ3n) is 3.59. The van der Waals surface area contributed by atoms with Crippen molar-refractivity contribution in [2.75, 3.05) is 5.32 Å². The van der Waals surface area contributed by atoms with Gasteiger partial charge in [0.15, 0.2) is 0 Å². The fourth-order valence-electron chi connectivity index (χ4n) is 2.35. The molecule has 0 spiro atoms. The number of aromatic nitrogens is 3. The lowest BCUT2D eigenvalue weighted by Crippen LogP contribution is -2.23. The molecule has 1 N–H and O–H groups in total. The molecule has 0 bridgehead atoms. The first-order chi connectivity index (χ1) is 12.2. The molecule has 7 heteroatoms. The van der Waals surface area contributed by atoms with E-state index in [2.05, 4.69) is 15.4 Å². The number of hydrogen-bond acceptors (Lipinski definition) is 5. The quantitative estimate of drug-likeness (QED) is 0.617. The second-order valence-corrected chi connectivity index (χ2v) is 6.22. The molecule has 0 aliphatic carbocycles. The van der Waals surface area contributed by atoms with Gasteiger partial charge in [-0.1, -0.05) is 59.9 Å². The van der Waals surface area contributed by atoms with E-state index in [1.807, 2.05) is 36.4 Å². The molecule has 0 radical (unpaired) electrons. The van der Waals surface area contributed by atoms with Gasteiger partial charge in [0.2, 0.25) is 4.96 Å². The number of nitrogens with one attached hydrogen (secondary N) is 1. The van der Waals surface area contributed by atoms with Crippen molar-refractivity contribution in [2.45, 2.75) is 0 Å². The Bertz CT molecular complexity index is 1100. The van der Waals surface area contributed by atoms with Gasteiger partial charge in [-0.25, -0.2) is 4.98 Å². The van der Waals surface area contributed by atoms with Crippen LogP contribution in [0, 0.1) is 0 Å². The Balaban J connectivity index is 1.71. The fourth-order valence-corrected chi connectivity index (χ4v) is 3.22. The van der Waals surface area contributed by atoms with Gasteiger partial charge in [0, 0.05) is 11.1 Å². The standard InChI is InChI=1S/C18H12N4O2S/c23-15(12-7-3-1-4-8-12)20-14-11-19-18-22(17(14)24)21-16(25-18)13-9-5-2-6-10-13/h1-11H,(H,20,23). The van der Waals surface area contributed by atoms with E-state index in [1.54, 1.807) is 24.3 Å². The first-order valence-corrected chi connectivity index (χ1v) is 8.35. The Kier molecular flexibility index (Phi) is 3.83. The van der Waals surface area contributed by atoms with Crippen LogP contribution in [0.15, 0.2) is 71.7 Å². The molecule has 1 amide bonds. The van der Waals surface area contributed by atoms with Crippen molar-refractivity contribution >= 4 is 27.9 Å². The van der Waals surface area contributed by atoms with Crippen LogP contribution >= 0.6 is 11.3 Å². The first kappa shape index (κ1) is 15.2. The molecule has 0 saturated carbocycles. The summed E-state index contributed by atoms with van der Waals surface area (Å²) >= 11 is 1.32. The smallest absolute Gasteiger partial charge is 0.298 e. The monoisotopic (exact) mass is 348 g/mol. The lowest BCUT2D eigenvalue weighted by atomic mass is 10.2. The lowest BCUT2D eigenvalue weighted by Gasteiger charge is -2.03. The molecule has 2 heterocycles. The average molecular weight is 348 g/mol. The third-order valence-corrected chi connectivity index (χ3v) is 4.56. The first-order valence-electron chi connectivity index (χ1n) is 7.53. The number of carbonyl (C=O) groups is 1. The summed E-state index contributed by atoms with van der Waals surface area (Å²) in [5, 5.41) is 7.62. The number of carbonyl (C=O) groups excluding carboxylic acids is 1. The molecule has 0 fully saturated rings. The van der Waals surface area contributed by atoms with Crippen LogP contribution in [-0.4, -0.2) is 20.5 Å². The Labute approximate surface area is 146 Å². The van der Waals surface area contributed by atoms with E-state index < -0.39 is 5.56 Å². The van der Waals surface area contributed by atoms with Gasteiger partial charge in [0.1, 0.15) is 10.7 Å². The predicted octanol–water partition coefficient (Wildman–Crippen LogP) is 3.07. The van der Waals surface area contributed by atoms with Gasteiger partial charge in [-0.05, 0) is 12.1 Å². The normalized spacial score (nSPS) is 10.7. The maximum atomic E-state index is 12.6. The molecule has 6 nitrogen and oxygen atoms in total. The highest BCUT2D eigenvalue weighted by molar-refractivity contribution is 7.19. The summed E-state index contributed by atoms with van der Waals surface area (Å²) in [5.41, 5.74) is 1.06. The minimum Gasteiger partial charge on any atom is -0.316 e. The highest BCUT2D eigenvalue weighted by Crippen LogP contribution is 2.23. The lowest BCUT2D eigenvalue weighted by molar-refractivity contribution is 0.102. The maximum absolute atomic E-state index is 12.6. The van der Waals surface area contributed by atoms with Gasteiger partial charge in [0.25, 0.3) is 11.5 Å². The Hall–Kier alpha value is -3.32. The number of fused-ring (bicyclic) bond motifs is 1. The highest BCUT2D eigenvalue weighted by Gasteiger charge is 2.14. The molecule has 122 valence electrons. The van der Waals surface area contributed by atoms with E-state index in [1.165, 1.54) is 22.0 Å². The van der Waals surface area contributed by atoms with Gasteiger partial charge in [-0.2, -0.15) is 9.61 Å². The molecule has 2 aromatic heterocycles. The van der Waals surface area contributed by atoms with Crippen molar-refractivity contribution in [1.29, 1.82) is 0 Å². The summed E-state index contributed by atoms with van der Waals surface area (Å²) in [6.45, 7) is 0. The van der Waals surface area contributed by atoms with Crippen molar-refractivity contribution < 1.29 is 4.79 Å². The van der Waals surface area contributed by atoms with Crippen LogP contribution in [0.2, 0.25) is 0 Å². The number of benzene rings is 2. The van der Waals surface area contributed by atoms with Gasteiger partial charge < -0.3 is 5.32 Å². The van der Waals surface area contributed by atoms with Crippen molar-refractivity contribution in [1.82, 2.24) is 14.6 Å². The average Bonchev–Trinajstić information content (AvgIpc) is 3.11. The van der Waals surface area contributed by atoms with Crippen LogP contribution in [-0.2, 0) is 0 Å². The summed E-state index contributed by atoms with van der Waals surface area (Å²) in [5.74, 6) is -0.363. The molecule has 0 unspecified atom stereocenters. The van der Waals surface area contributed by atoms with Crippen molar-refractivity contribution in [3.63, 3.8) is 0 Å². The molecule has 4 rings (SSSR count). The van der Waals surface area contributed by atoms with Crippen LogP contribution in [0.25, 0.3) is 15.5 Å². The number of nitrogens with zero attached hydrogens (tertiary/aromatic N) is 3. The van der Waals surface area contributed by atoms with E-state index in [4.69, 9.17) is 0 Å². The highest BCUT2D eigenvalue weighted by atomic mass is 32.1. The van der Waals surface area contributed by atoms with Gasteiger partial charge in [-0.15, -0.1) is 0 Å². The molecule has 0 saturated heterocycles. The number of hydrogen-bond donors (Lipinski definition) is 1. The van der Waals surface area contributed by atoms with Crippen LogP contribution in [0.3, 0.4) is 0 Å². The summed E-state index contributed by atoms with van der Waals surface area (Å²) < 4.78 is 1.22. The molecule has 0 atom stereocenters. The number of anilines is 1. The molecule has 4 aromatic rings. The van der Waals surface area contributed by atoms with E-state index in [-0.39, 0.29) is 11.6 Å². The molecular formula is C18H12N4O2S. The van der Waals surface area contributed by atoms with Crippen molar-refractivity contribution in [2.24, 2.45) is 0 Å². The Morgan fingerprint density at radius 1 is 1.00 bits per heavy atom. The third kappa shape index (κ3) is 2.92. The summed E-state index contributed by atoms with van der Waals surface area (Å²) in [6.07, 6.45) is 1.37. The fraction of sp³-hybridized carbons (Fsp3) is 0. The van der Waals surface area contributed by atoms with Crippen molar-refractivity contribution in [3.05, 3.63) is 82.8 Å². The Morgan fingerprint density at radius 3 is 2.40 bits per heavy atom. The second-order valence-electron chi connectivity index (χ2n) is 5.26. The predicted molar refractivity (Wildman–Crippen MR) is 97.0 cm³/mol. The molecule has 0 aliphatic rings. The number of rotatable bonds is 3. The van der Waals surface area contributed by atoms with Crippen molar-refractivity contribution in [3.8, 4) is 10.6 Å². The van der Waals surface area contributed by atoms with E-state index in [0.717, 1.165) is 5.56 Å². The molecule has 25 heavy (non-hydrogen) atoms. The van der Waals surface area contributed by atoms with Crippen LogP contribution in [0.4, 0.5) is 5.69 Å². The molecule has 0 aliphatic heterocycles. The van der Waals surface area contributed by atoms with Gasteiger partial charge >= 0.3 is 0 Å². The zero-order valence-corrected chi connectivity index (χ0v) is 13.7. The SMILES string of the molecule is O=C(Nc1cnc2sc(-c3ccccc3)nn2c1=O)c1ccccc1. The molecule has 2 aromatic carbocycles. The van der Waals surface area contributed by atoms with E-state index >= 15 is 0 Å². The van der Waals surface area contributed by atoms with E-state index in [9.17, 15) is 9.59 Å². The van der Waals surface area contributed by atoms with E-state index in [0.29, 0.717) is 15.5 Å². The largest absolute Gasteiger partial charge is 0.316 e. The zero-order valence-electron chi connectivity index (χ0n) is 12.9. The van der Waals surface area contributed by atoms with Gasteiger partial charge in [-0.3, -0.25) is 9.59 Å². The number of amides is 1. The van der Waals surface area contributed by atoms with Crippen LogP contribution in [0.5, 0.6) is 0 Å². The maximum Gasteiger partial charge on any atom is 0.298 e. The molecular weight excluding hydrogens is 336 g/mol. The Morgan fingerprint density at radius 2 is 1.68 bits per heavy atom. The summed E-state index contributed by atoms with van der Waals surface area (Å²) in [6, 6.07) is 18.3.